The number of hydrogen-bond donors (Lipinski definition) is 2. The maximum Gasteiger partial charge on any atom is 0.220 e. The van der Waals surface area contributed by atoms with Crippen molar-refractivity contribution in [2.45, 2.75) is 39.0 Å². The Labute approximate surface area is 101 Å². The molecule has 2 N–H and O–H groups in total. The average Bonchev–Trinajstić information content (AvgIpc) is 2.77. The quantitative estimate of drug-likeness (QED) is 0.667. The molecule has 0 aromatic carbocycles. The number of imidazole rings is 1. The molecule has 1 aromatic rings. The van der Waals surface area contributed by atoms with Crippen LogP contribution in [0.1, 0.15) is 38.3 Å². The van der Waals surface area contributed by atoms with Crippen LogP contribution in [-0.2, 0) is 16.0 Å². The van der Waals surface area contributed by atoms with Crippen molar-refractivity contribution >= 4 is 11.7 Å². The lowest BCUT2D eigenvalue weighted by molar-refractivity contribution is -0.121. The van der Waals surface area contributed by atoms with Gasteiger partial charge in [0.05, 0.1) is 6.33 Å². The zero-order valence-electron chi connectivity index (χ0n) is 10.2. The minimum Gasteiger partial charge on any atom is -0.356 e. The molecule has 0 radical (unpaired) electrons. The first-order valence-corrected chi connectivity index (χ1v) is 5.92. The molecule has 0 spiro atoms. The van der Waals surface area contributed by atoms with Crippen molar-refractivity contribution in [3.05, 3.63) is 18.2 Å². The standard InChI is InChI=1S/C12H19N3O2/c1-10(16)4-2-3-5-12(17)14-7-6-11-8-13-9-15-11/h8-9H,2-7H2,1H3,(H,13,15)(H,14,17). The number of ketones is 1. The van der Waals surface area contributed by atoms with Gasteiger partial charge in [0.25, 0.3) is 0 Å². The van der Waals surface area contributed by atoms with Gasteiger partial charge >= 0.3 is 0 Å². The van der Waals surface area contributed by atoms with E-state index in [0.717, 1.165) is 25.0 Å². The third-order valence-corrected chi connectivity index (χ3v) is 2.45. The third kappa shape index (κ3) is 6.50. The average molecular weight is 237 g/mol. The summed E-state index contributed by atoms with van der Waals surface area (Å²) in [6.45, 7) is 2.19. The molecule has 0 aliphatic rings. The summed E-state index contributed by atoms with van der Waals surface area (Å²) in [4.78, 5) is 28.9. The summed E-state index contributed by atoms with van der Waals surface area (Å²) in [6.07, 6.45) is 6.77. The van der Waals surface area contributed by atoms with Crippen LogP contribution in [-0.4, -0.2) is 28.2 Å². The largest absolute Gasteiger partial charge is 0.356 e. The Morgan fingerprint density at radius 3 is 2.76 bits per heavy atom. The highest BCUT2D eigenvalue weighted by Gasteiger charge is 2.02. The highest BCUT2D eigenvalue weighted by molar-refractivity contribution is 5.76. The summed E-state index contributed by atoms with van der Waals surface area (Å²) in [5, 5.41) is 2.84. The van der Waals surface area contributed by atoms with Crippen molar-refractivity contribution in [1.29, 1.82) is 0 Å². The van der Waals surface area contributed by atoms with E-state index in [4.69, 9.17) is 0 Å². The summed E-state index contributed by atoms with van der Waals surface area (Å²) in [7, 11) is 0. The van der Waals surface area contributed by atoms with E-state index in [1.807, 2.05) is 0 Å². The second-order valence-electron chi connectivity index (χ2n) is 4.09. The molecule has 1 aromatic heterocycles. The van der Waals surface area contributed by atoms with E-state index in [2.05, 4.69) is 15.3 Å². The number of aromatic nitrogens is 2. The molecule has 5 heteroatoms. The molecule has 5 nitrogen and oxygen atoms in total. The van der Waals surface area contributed by atoms with Crippen LogP contribution in [0.15, 0.2) is 12.5 Å². The van der Waals surface area contributed by atoms with Crippen molar-refractivity contribution < 1.29 is 9.59 Å². The van der Waals surface area contributed by atoms with Crippen LogP contribution in [0.2, 0.25) is 0 Å². The Balaban J connectivity index is 1.99. The highest BCUT2D eigenvalue weighted by Crippen LogP contribution is 2.00. The van der Waals surface area contributed by atoms with E-state index in [9.17, 15) is 9.59 Å². The number of aromatic amines is 1. The zero-order chi connectivity index (χ0) is 12.5. The molecular weight excluding hydrogens is 218 g/mol. The number of Topliss-reactive ketones (excluding diaryl/α,β-unsaturated/α-hetero) is 1. The predicted molar refractivity (Wildman–Crippen MR) is 64.5 cm³/mol. The first-order valence-electron chi connectivity index (χ1n) is 5.92. The van der Waals surface area contributed by atoms with Gasteiger partial charge in [0, 0.05) is 37.7 Å². The maximum atomic E-state index is 11.4. The number of hydrogen-bond acceptors (Lipinski definition) is 3. The van der Waals surface area contributed by atoms with Crippen LogP contribution >= 0.6 is 0 Å². The van der Waals surface area contributed by atoms with Gasteiger partial charge in [-0.1, -0.05) is 0 Å². The van der Waals surface area contributed by atoms with Crippen LogP contribution in [0, 0.1) is 0 Å². The smallest absolute Gasteiger partial charge is 0.220 e. The predicted octanol–water partition coefficient (Wildman–Crippen LogP) is 1.22. The fraction of sp³-hybridized carbons (Fsp3) is 0.583. The number of carbonyl (C=O) groups is 2. The number of amides is 1. The number of rotatable bonds is 8. The molecule has 0 aliphatic heterocycles. The van der Waals surface area contributed by atoms with Gasteiger partial charge in [0.15, 0.2) is 0 Å². The first kappa shape index (κ1) is 13.4. The molecule has 0 atom stereocenters. The van der Waals surface area contributed by atoms with E-state index in [0.29, 0.717) is 19.4 Å². The minimum absolute atomic E-state index is 0.0491. The van der Waals surface area contributed by atoms with Gasteiger partial charge < -0.3 is 15.1 Å². The second-order valence-corrected chi connectivity index (χ2v) is 4.09. The Kier molecular flexibility index (Phi) is 5.99. The molecule has 94 valence electrons. The molecular formula is C12H19N3O2. The summed E-state index contributed by atoms with van der Waals surface area (Å²) < 4.78 is 0. The lowest BCUT2D eigenvalue weighted by atomic mass is 10.1. The number of H-pyrrole nitrogens is 1. The number of nitrogens with zero attached hydrogens (tertiary/aromatic N) is 1. The minimum atomic E-state index is 0.0491. The third-order valence-electron chi connectivity index (χ3n) is 2.45. The summed E-state index contributed by atoms with van der Waals surface area (Å²) in [5.41, 5.74) is 1.02. The van der Waals surface area contributed by atoms with Gasteiger partial charge in [0.2, 0.25) is 5.91 Å². The van der Waals surface area contributed by atoms with Gasteiger partial charge in [-0.2, -0.15) is 0 Å². The highest BCUT2D eigenvalue weighted by atomic mass is 16.1. The first-order chi connectivity index (χ1) is 8.18. The lowest BCUT2D eigenvalue weighted by Gasteiger charge is -2.03. The van der Waals surface area contributed by atoms with Crippen molar-refractivity contribution in [1.82, 2.24) is 15.3 Å². The van der Waals surface area contributed by atoms with E-state index in [1.54, 1.807) is 19.4 Å². The Morgan fingerprint density at radius 1 is 1.35 bits per heavy atom. The number of nitrogens with one attached hydrogen (secondary N) is 2. The van der Waals surface area contributed by atoms with Crippen LogP contribution in [0.4, 0.5) is 0 Å². The van der Waals surface area contributed by atoms with Gasteiger partial charge in [-0.25, -0.2) is 4.98 Å². The van der Waals surface area contributed by atoms with Crippen molar-refractivity contribution in [2.24, 2.45) is 0 Å². The Morgan fingerprint density at radius 2 is 2.12 bits per heavy atom. The molecule has 0 unspecified atom stereocenters. The topological polar surface area (TPSA) is 74.8 Å². The van der Waals surface area contributed by atoms with Gasteiger partial charge in [-0.05, 0) is 19.8 Å². The fourth-order valence-corrected chi connectivity index (χ4v) is 1.51. The lowest BCUT2D eigenvalue weighted by Crippen LogP contribution is -2.25. The van der Waals surface area contributed by atoms with E-state index in [1.165, 1.54) is 0 Å². The van der Waals surface area contributed by atoms with Gasteiger partial charge in [0.1, 0.15) is 5.78 Å². The summed E-state index contributed by atoms with van der Waals surface area (Å²) in [5.74, 6) is 0.234. The molecule has 0 aliphatic carbocycles. The normalized spacial score (nSPS) is 10.2. The monoisotopic (exact) mass is 237 g/mol. The van der Waals surface area contributed by atoms with Crippen molar-refractivity contribution in [3.8, 4) is 0 Å². The maximum absolute atomic E-state index is 11.4. The van der Waals surface area contributed by atoms with Gasteiger partial charge in [-0.3, -0.25) is 4.79 Å². The Bertz CT molecular complexity index is 347. The van der Waals surface area contributed by atoms with E-state index in [-0.39, 0.29) is 11.7 Å². The summed E-state index contributed by atoms with van der Waals surface area (Å²) in [6, 6.07) is 0. The van der Waals surface area contributed by atoms with E-state index < -0.39 is 0 Å². The summed E-state index contributed by atoms with van der Waals surface area (Å²) >= 11 is 0. The van der Waals surface area contributed by atoms with Crippen LogP contribution in [0.5, 0.6) is 0 Å². The molecule has 0 saturated heterocycles. The zero-order valence-corrected chi connectivity index (χ0v) is 10.2. The molecule has 17 heavy (non-hydrogen) atoms. The van der Waals surface area contributed by atoms with Crippen molar-refractivity contribution in [3.63, 3.8) is 0 Å². The molecule has 0 bridgehead atoms. The number of carbonyl (C=O) groups excluding carboxylic acids is 2. The molecule has 1 heterocycles. The van der Waals surface area contributed by atoms with E-state index >= 15 is 0 Å². The van der Waals surface area contributed by atoms with Gasteiger partial charge in [-0.15, -0.1) is 0 Å². The molecule has 0 saturated carbocycles. The van der Waals surface area contributed by atoms with Crippen LogP contribution < -0.4 is 5.32 Å². The SMILES string of the molecule is CC(=O)CCCCC(=O)NCCc1cnc[nH]1. The van der Waals surface area contributed by atoms with Crippen molar-refractivity contribution in [2.75, 3.05) is 6.54 Å². The fourth-order valence-electron chi connectivity index (χ4n) is 1.51. The van der Waals surface area contributed by atoms with Crippen LogP contribution in [0.3, 0.4) is 0 Å². The molecule has 0 fully saturated rings. The van der Waals surface area contributed by atoms with Crippen LogP contribution in [0.25, 0.3) is 0 Å². The number of unbranched alkanes of at least 4 members (excludes halogenated alkanes) is 1. The molecule has 1 rings (SSSR count). The second kappa shape index (κ2) is 7.60. The molecule has 1 amide bonds. The Hall–Kier alpha value is -1.65.